The van der Waals surface area contributed by atoms with Crippen LogP contribution < -0.4 is 20.9 Å². The van der Waals surface area contributed by atoms with Crippen molar-refractivity contribution in [1.29, 1.82) is 0 Å². The predicted octanol–water partition coefficient (Wildman–Crippen LogP) is 4.48. The van der Waals surface area contributed by atoms with Gasteiger partial charge in [-0.25, -0.2) is 4.79 Å². The molecule has 0 aliphatic carbocycles. The Labute approximate surface area is 250 Å². The summed E-state index contributed by atoms with van der Waals surface area (Å²) in [6.07, 6.45) is 0.703. The number of nitrogens with zero attached hydrogens (tertiary/aromatic N) is 2. The standard InChI is InChI=1S/C32H37N5O6/c1-22-6-3-4-7-27(22)35-32(42)34-25-10-8-23(9-11-25)18-29(38)33-26-12-13-28-24(19-26)20-37(16-14-31(40)41)30(39)21-36(28)15-5-17-43-2/h3-4,6-13,19H,5,14-18,20-21H2,1-2H3,(H,33,38)(H,40,41)(H2,34,35,42). The highest BCUT2D eigenvalue weighted by Gasteiger charge is 2.26. The number of carbonyl (C=O) groups is 4. The van der Waals surface area contributed by atoms with Crippen LogP contribution in [0.3, 0.4) is 0 Å². The minimum absolute atomic E-state index is 0.106. The first-order chi connectivity index (χ1) is 20.7. The van der Waals surface area contributed by atoms with E-state index in [-0.39, 0.29) is 50.3 Å². The second-order valence-electron chi connectivity index (χ2n) is 10.4. The third kappa shape index (κ3) is 9.04. The first-order valence-electron chi connectivity index (χ1n) is 14.1. The molecule has 0 spiro atoms. The number of rotatable bonds is 12. The fraction of sp³-hybridized carbons (Fsp3) is 0.312. The van der Waals surface area contributed by atoms with Crippen LogP contribution in [-0.2, 0) is 32.1 Å². The average molecular weight is 588 g/mol. The van der Waals surface area contributed by atoms with E-state index >= 15 is 0 Å². The van der Waals surface area contributed by atoms with E-state index in [1.165, 1.54) is 0 Å². The molecular formula is C32H37N5O6. The van der Waals surface area contributed by atoms with Gasteiger partial charge in [0.05, 0.1) is 19.4 Å². The lowest BCUT2D eigenvalue weighted by molar-refractivity contribution is -0.138. The van der Waals surface area contributed by atoms with Gasteiger partial charge in [0.25, 0.3) is 0 Å². The molecule has 1 aliphatic rings. The molecule has 1 heterocycles. The van der Waals surface area contributed by atoms with Gasteiger partial charge < -0.3 is 35.6 Å². The van der Waals surface area contributed by atoms with Gasteiger partial charge in [0.2, 0.25) is 11.8 Å². The number of anilines is 4. The van der Waals surface area contributed by atoms with Gasteiger partial charge in [-0.2, -0.15) is 0 Å². The molecule has 3 aromatic rings. The number of amides is 4. The van der Waals surface area contributed by atoms with Crippen molar-refractivity contribution in [2.24, 2.45) is 0 Å². The fourth-order valence-corrected chi connectivity index (χ4v) is 4.87. The molecule has 3 aromatic carbocycles. The molecular weight excluding hydrogens is 550 g/mol. The maximum atomic E-state index is 12.9. The van der Waals surface area contributed by atoms with Crippen molar-refractivity contribution in [1.82, 2.24) is 4.90 Å². The van der Waals surface area contributed by atoms with Gasteiger partial charge >= 0.3 is 12.0 Å². The SMILES string of the molecule is COCCCN1CC(=O)N(CCC(=O)O)Cc2cc(NC(=O)Cc3ccc(NC(=O)Nc4ccccc4C)cc3)ccc21. The van der Waals surface area contributed by atoms with Gasteiger partial charge in [0.1, 0.15) is 0 Å². The van der Waals surface area contributed by atoms with Crippen LogP contribution in [0.2, 0.25) is 0 Å². The van der Waals surface area contributed by atoms with E-state index in [4.69, 9.17) is 9.84 Å². The first kappa shape index (κ1) is 31.0. The summed E-state index contributed by atoms with van der Waals surface area (Å²) in [6.45, 7) is 3.56. The molecule has 0 fully saturated rings. The molecule has 4 N–H and O–H groups in total. The molecule has 0 radical (unpaired) electrons. The summed E-state index contributed by atoms with van der Waals surface area (Å²) in [7, 11) is 1.63. The zero-order chi connectivity index (χ0) is 30.8. The largest absolute Gasteiger partial charge is 0.481 e. The summed E-state index contributed by atoms with van der Waals surface area (Å²) in [5.41, 5.74) is 5.33. The van der Waals surface area contributed by atoms with Crippen molar-refractivity contribution in [2.45, 2.75) is 32.7 Å². The number of hydrogen-bond donors (Lipinski definition) is 4. The Morgan fingerprint density at radius 3 is 2.35 bits per heavy atom. The molecule has 0 unspecified atom stereocenters. The quantitative estimate of drug-likeness (QED) is 0.229. The number of aliphatic carboxylic acids is 1. The maximum Gasteiger partial charge on any atom is 0.323 e. The highest BCUT2D eigenvalue weighted by atomic mass is 16.5. The zero-order valence-corrected chi connectivity index (χ0v) is 24.4. The van der Waals surface area contributed by atoms with E-state index < -0.39 is 5.97 Å². The van der Waals surface area contributed by atoms with Crippen molar-refractivity contribution < 1.29 is 29.0 Å². The van der Waals surface area contributed by atoms with Crippen LogP contribution in [0.25, 0.3) is 0 Å². The van der Waals surface area contributed by atoms with E-state index in [0.29, 0.717) is 24.5 Å². The number of carbonyl (C=O) groups excluding carboxylic acids is 3. The molecule has 0 saturated carbocycles. The summed E-state index contributed by atoms with van der Waals surface area (Å²) in [5, 5.41) is 17.7. The fourth-order valence-electron chi connectivity index (χ4n) is 4.87. The van der Waals surface area contributed by atoms with Crippen molar-refractivity contribution >= 4 is 46.6 Å². The van der Waals surface area contributed by atoms with Crippen LogP contribution >= 0.6 is 0 Å². The van der Waals surface area contributed by atoms with Gasteiger partial charge in [-0.3, -0.25) is 14.4 Å². The first-order valence-corrected chi connectivity index (χ1v) is 14.1. The number of aryl methyl sites for hydroxylation is 1. The van der Waals surface area contributed by atoms with E-state index in [2.05, 4.69) is 16.0 Å². The molecule has 11 nitrogen and oxygen atoms in total. The highest BCUT2D eigenvalue weighted by Crippen LogP contribution is 2.29. The molecule has 1 aliphatic heterocycles. The minimum Gasteiger partial charge on any atom is -0.481 e. The van der Waals surface area contributed by atoms with E-state index in [9.17, 15) is 19.2 Å². The van der Waals surface area contributed by atoms with E-state index in [1.807, 2.05) is 48.2 Å². The minimum atomic E-state index is -0.968. The summed E-state index contributed by atoms with van der Waals surface area (Å²) in [5.74, 6) is -1.34. The molecule has 0 atom stereocenters. The second-order valence-corrected chi connectivity index (χ2v) is 10.4. The van der Waals surface area contributed by atoms with Crippen LogP contribution in [0, 0.1) is 6.92 Å². The van der Waals surface area contributed by atoms with Crippen molar-refractivity contribution in [2.75, 3.05) is 54.2 Å². The summed E-state index contributed by atoms with van der Waals surface area (Å²) in [6, 6.07) is 19.7. The molecule has 0 saturated heterocycles. The highest BCUT2D eigenvalue weighted by molar-refractivity contribution is 6.00. The van der Waals surface area contributed by atoms with Crippen molar-refractivity contribution in [3.8, 4) is 0 Å². The topological polar surface area (TPSA) is 140 Å². The summed E-state index contributed by atoms with van der Waals surface area (Å²) in [4.78, 5) is 52.9. The van der Waals surface area contributed by atoms with Crippen LogP contribution in [0.15, 0.2) is 66.7 Å². The Bertz CT molecular complexity index is 1460. The maximum absolute atomic E-state index is 12.9. The van der Waals surface area contributed by atoms with Crippen molar-refractivity contribution in [3.05, 3.63) is 83.4 Å². The predicted molar refractivity (Wildman–Crippen MR) is 165 cm³/mol. The van der Waals surface area contributed by atoms with Gasteiger partial charge in [0, 0.05) is 56.1 Å². The lowest BCUT2D eigenvalue weighted by Gasteiger charge is -2.24. The Hall–Kier alpha value is -4.90. The monoisotopic (exact) mass is 587 g/mol. The van der Waals surface area contributed by atoms with Gasteiger partial charge in [-0.1, -0.05) is 30.3 Å². The van der Waals surface area contributed by atoms with E-state index in [1.54, 1.807) is 42.3 Å². The smallest absolute Gasteiger partial charge is 0.323 e. The number of ether oxygens (including phenoxy) is 1. The number of hydrogen-bond acceptors (Lipinski definition) is 6. The van der Waals surface area contributed by atoms with E-state index in [0.717, 1.165) is 34.5 Å². The summed E-state index contributed by atoms with van der Waals surface area (Å²) < 4.78 is 5.17. The number of para-hydroxylation sites is 1. The Balaban J connectivity index is 1.39. The number of benzene rings is 3. The third-order valence-corrected chi connectivity index (χ3v) is 7.09. The van der Waals surface area contributed by atoms with Crippen molar-refractivity contribution in [3.63, 3.8) is 0 Å². The lowest BCUT2D eigenvalue weighted by Crippen LogP contribution is -2.38. The lowest BCUT2D eigenvalue weighted by atomic mass is 10.1. The van der Waals surface area contributed by atoms with Crippen LogP contribution in [-0.4, -0.2) is 67.2 Å². The van der Waals surface area contributed by atoms with Gasteiger partial charge in [-0.15, -0.1) is 0 Å². The van der Waals surface area contributed by atoms with Crippen LogP contribution in [0.5, 0.6) is 0 Å². The van der Waals surface area contributed by atoms with Gasteiger partial charge in [-0.05, 0) is 66.4 Å². The molecule has 11 heteroatoms. The molecule has 4 amide bonds. The Kier molecular flexibility index (Phi) is 10.7. The van der Waals surface area contributed by atoms with Crippen LogP contribution in [0.1, 0.15) is 29.5 Å². The zero-order valence-electron chi connectivity index (χ0n) is 24.4. The average Bonchev–Trinajstić information content (AvgIpc) is 3.09. The van der Waals surface area contributed by atoms with Gasteiger partial charge in [0.15, 0.2) is 0 Å². The number of carboxylic acid groups (broad SMARTS) is 1. The normalized spacial score (nSPS) is 12.7. The number of methoxy groups -OCH3 is 1. The van der Waals surface area contributed by atoms with Crippen LogP contribution in [0.4, 0.5) is 27.5 Å². The molecule has 4 rings (SSSR count). The molecule has 0 bridgehead atoms. The number of fused-ring (bicyclic) bond motifs is 1. The molecule has 0 aromatic heterocycles. The summed E-state index contributed by atoms with van der Waals surface area (Å²) >= 11 is 0. The molecule has 43 heavy (non-hydrogen) atoms. The number of carboxylic acids is 1. The molecule has 226 valence electrons. The second kappa shape index (κ2) is 14.8. The Morgan fingerprint density at radius 2 is 1.63 bits per heavy atom. The third-order valence-electron chi connectivity index (χ3n) is 7.09. The number of urea groups is 1. The Morgan fingerprint density at radius 1 is 0.884 bits per heavy atom. The number of nitrogens with one attached hydrogen (secondary N) is 3.